The van der Waals surface area contributed by atoms with Crippen molar-refractivity contribution in [3.8, 4) is 0 Å². The number of carbonyl (C=O) groups excluding carboxylic acids is 2. The van der Waals surface area contributed by atoms with Crippen LogP contribution in [0, 0.1) is 0 Å². The van der Waals surface area contributed by atoms with Crippen molar-refractivity contribution in [3.05, 3.63) is 29.8 Å². The van der Waals surface area contributed by atoms with Crippen LogP contribution in [0.1, 0.15) is 5.56 Å². The van der Waals surface area contributed by atoms with E-state index >= 15 is 0 Å². The highest BCUT2D eigenvalue weighted by Gasteiger charge is 2.21. The molecule has 0 bridgehead atoms. The number of nitrogens with zero attached hydrogens (tertiary/aromatic N) is 1. The van der Waals surface area contributed by atoms with Gasteiger partial charge in [-0.25, -0.2) is 4.79 Å². The van der Waals surface area contributed by atoms with E-state index in [1.807, 2.05) is 0 Å². The summed E-state index contributed by atoms with van der Waals surface area (Å²) in [7, 11) is 0. The summed E-state index contributed by atoms with van der Waals surface area (Å²) in [6.45, 7) is 0.856. The highest BCUT2D eigenvalue weighted by molar-refractivity contribution is 5.94. The third-order valence-electron chi connectivity index (χ3n) is 2.93. The van der Waals surface area contributed by atoms with Gasteiger partial charge in [0.25, 0.3) is 0 Å². The molecule has 7 nitrogen and oxygen atoms in total. The number of anilines is 1. The lowest BCUT2D eigenvalue weighted by atomic mass is 10.1. The fourth-order valence-corrected chi connectivity index (χ4v) is 1.97. The normalized spacial score (nSPS) is 14.6. The maximum atomic E-state index is 12.0. The first-order chi connectivity index (χ1) is 9.56. The van der Waals surface area contributed by atoms with Crippen LogP contribution in [0.25, 0.3) is 0 Å². The summed E-state index contributed by atoms with van der Waals surface area (Å²) < 4.78 is 0. The number of benzene rings is 1. The molecule has 1 aromatic carbocycles. The minimum atomic E-state index is -0.968. The largest absolute Gasteiger partial charge is 0.481 e. The van der Waals surface area contributed by atoms with E-state index in [-0.39, 0.29) is 18.9 Å². The van der Waals surface area contributed by atoms with E-state index < -0.39 is 12.0 Å². The Morgan fingerprint density at radius 3 is 2.80 bits per heavy atom. The van der Waals surface area contributed by atoms with E-state index in [0.717, 1.165) is 0 Å². The number of carboxylic acid groups (broad SMARTS) is 1. The minimum absolute atomic E-state index is 0.00688. The van der Waals surface area contributed by atoms with E-state index in [4.69, 9.17) is 5.11 Å². The number of hydrogen-bond donors (Lipinski definition) is 3. The Labute approximate surface area is 115 Å². The number of piperazine rings is 1. The topological polar surface area (TPSA) is 98.7 Å². The van der Waals surface area contributed by atoms with Crippen LogP contribution in [0.4, 0.5) is 10.5 Å². The Balaban J connectivity index is 2.07. The molecule has 1 heterocycles. The number of urea groups is 1. The van der Waals surface area contributed by atoms with Gasteiger partial charge in [-0.15, -0.1) is 0 Å². The first kappa shape index (κ1) is 13.9. The highest BCUT2D eigenvalue weighted by atomic mass is 16.4. The standard InChI is InChI=1S/C13H15N3O4/c17-11-8-16(6-5-14-11)13(20)15-10-4-2-1-3-9(10)7-12(18)19/h1-4H,5-8H2,(H,14,17)(H,15,20)(H,18,19). The molecule has 106 valence electrons. The summed E-state index contributed by atoms with van der Waals surface area (Å²) in [6.07, 6.45) is -0.170. The highest BCUT2D eigenvalue weighted by Crippen LogP contribution is 2.16. The molecule has 0 saturated carbocycles. The molecule has 1 saturated heterocycles. The second kappa shape index (κ2) is 6.05. The van der Waals surface area contributed by atoms with Crippen LogP contribution in [0.5, 0.6) is 0 Å². The van der Waals surface area contributed by atoms with Crippen molar-refractivity contribution in [3.63, 3.8) is 0 Å². The number of para-hydroxylation sites is 1. The van der Waals surface area contributed by atoms with E-state index in [9.17, 15) is 14.4 Å². The van der Waals surface area contributed by atoms with Gasteiger partial charge in [0.15, 0.2) is 0 Å². The quantitative estimate of drug-likeness (QED) is 0.739. The molecule has 1 aromatic rings. The second-order valence-corrected chi connectivity index (χ2v) is 4.43. The lowest BCUT2D eigenvalue weighted by Gasteiger charge is -2.27. The van der Waals surface area contributed by atoms with E-state index in [1.54, 1.807) is 24.3 Å². The second-order valence-electron chi connectivity index (χ2n) is 4.43. The van der Waals surface area contributed by atoms with E-state index in [2.05, 4.69) is 10.6 Å². The van der Waals surface area contributed by atoms with Gasteiger partial charge in [-0.3, -0.25) is 9.59 Å². The number of carbonyl (C=O) groups is 3. The smallest absolute Gasteiger partial charge is 0.322 e. The van der Waals surface area contributed by atoms with Crippen LogP contribution in [-0.2, 0) is 16.0 Å². The van der Waals surface area contributed by atoms with Gasteiger partial charge < -0.3 is 20.6 Å². The van der Waals surface area contributed by atoms with Crippen LogP contribution < -0.4 is 10.6 Å². The summed E-state index contributed by atoms with van der Waals surface area (Å²) >= 11 is 0. The number of hydrogen-bond acceptors (Lipinski definition) is 3. The molecule has 0 spiro atoms. The van der Waals surface area contributed by atoms with Gasteiger partial charge in [-0.05, 0) is 11.6 Å². The molecule has 0 aliphatic carbocycles. The summed E-state index contributed by atoms with van der Waals surface area (Å²) in [4.78, 5) is 35.4. The van der Waals surface area contributed by atoms with Crippen molar-refractivity contribution in [2.45, 2.75) is 6.42 Å². The molecule has 2 rings (SSSR count). The Hall–Kier alpha value is -2.57. The summed E-state index contributed by atoms with van der Waals surface area (Å²) in [5.74, 6) is -1.17. The predicted molar refractivity (Wildman–Crippen MR) is 71.4 cm³/mol. The molecule has 1 aliphatic rings. The van der Waals surface area contributed by atoms with E-state index in [0.29, 0.717) is 24.3 Å². The van der Waals surface area contributed by atoms with Gasteiger partial charge >= 0.3 is 12.0 Å². The Kier molecular flexibility index (Phi) is 4.19. The van der Waals surface area contributed by atoms with Crippen LogP contribution in [-0.4, -0.2) is 47.5 Å². The van der Waals surface area contributed by atoms with Gasteiger partial charge in [0.2, 0.25) is 5.91 Å². The van der Waals surface area contributed by atoms with Gasteiger partial charge in [0, 0.05) is 18.8 Å². The van der Waals surface area contributed by atoms with Gasteiger partial charge in [0.1, 0.15) is 6.54 Å². The summed E-state index contributed by atoms with van der Waals surface area (Å²) in [6, 6.07) is 6.30. The molecule has 1 fully saturated rings. The van der Waals surface area contributed by atoms with Crippen LogP contribution in [0.3, 0.4) is 0 Å². The molecule has 0 unspecified atom stereocenters. The van der Waals surface area contributed by atoms with Gasteiger partial charge in [-0.1, -0.05) is 18.2 Å². The average molecular weight is 277 g/mol. The van der Waals surface area contributed by atoms with Gasteiger partial charge in [-0.2, -0.15) is 0 Å². The summed E-state index contributed by atoms with van der Waals surface area (Å²) in [5.41, 5.74) is 0.973. The number of carboxylic acids is 1. The number of nitrogens with one attached hydrogen (secondary N) is 2. The molecule has 0 radical (unpaired) electrons. The van der Waals surface area contributed by atoms with Gasteiger partial charge in [0.05, 0.1) is 6.42 Å². The number of rotatable bonds is 3. The maximum Gasteiger partial charge on any atom is 0.322 e. The zero-order valence-electron chi connectivity index (χ0n) is 10.8. The molecule has 7 heteroatoms. The lowest BCUT2D eigenvalue weighted by molar-refractivity contribution is -0.136. The molecule has 3 N–H and O–H groups in total. The zero-order valence-corrected chi connectivity index (χ0v) is 10.8. The van der Waals surface area contributed by atoms with Crippen molar-refractivity contribution in [1.29, 1.82) is 0 Å². The molecule has 3 amide bonds. The SMILES string of the molecule is O=C(O)Cc1ccccc1NC(=O)N1CCNC(=O)C1. The predicted octanol–water partition coefficient (Wildman–Crippen LogP) is 0.277. The van der Waals surface area contributed by atoms with Crippen LogP contribution in [0.2, 0.25) is 0 Å². The molecule has 0 atom stereocenters. The molecular formula is C13H15N3O4. The third kappa shape index (κ3) is 3.47. The molecule has 1 aliphatic heterocycles. The van der Waals surface area contributed by atoms with Crippen molar-refractivity contribution >= 4 is 23.6 Å². The zero-order chi connectivity index (χ0) is 14.5. The van der Waals surface area contributed by atoms with Crippen LogP contribution in [0.15, 0.2) is 24.3 Å². The minimum Gasteiger partial charge on any atom is -0.481 e. The molecule has 0 aromatic heterocycles. The Morgan fingerprint density at radius 1 is 1.35 bits per heavy atom. The van der Waals surface area contributed by atoms with Crippen molar-refractivity contribution < 1.29 is 19.5 Å². The number of amides is 3. The van der Waals surface area contributed by atoms with Crippen molar-refractivity contribution in [1.82, 2.24) is 10.2 Å². The number of aliphatic carboxylic acids is 1. The van der Waals surface area contributed by atoms with Crippen molar-refractivity contribution in [2.24, 2.45) is 0 Å². The molecular weight excluding hydrogens is 262 g/mol. The van der Waals surface area contributed by atoms with E-state index in [1.165, 1.54) is 4.90 Å². The first-order valence-corrected chi connectivity index (χ1v) is 6.18. The fourth-order valence-electron chi connectivity index (χ4n) is 1.97. The average Bonchev–Trinajstić information content (AvgIpc) is 2.40. The third-order valence-corrected chi connectivity index (χ3v) is 2.93. The first-order valence-electron chi connectivity index (χ1n) is 6.18. The Morgan fingerprint density at radius 2 is 2.10 bits per heavy atom. The lowest BCUT2D eigenvalue weighted by Crippen LogP contribution is -2.51. The van der Waals surface area contributed by atoms with Crippen LogP contribution >= 0.6 is 0 Å². The fraction of sp³-hybridized carbons (Fsp3) is 0.308. The molecule has 20 heavy (non-hydrogen) atoms. The maximum absolute atomic E-state index is 12.0. The monoisotopic (exact) mass is 277 g/mol. The van der Waals surface area contributed by atoms with Crippen molar-refractivity contribution in [2.75, 3.05) is 25.0 Å². The summed E-state index contributed by atoms with van der Waals surface area (Å²) in [5, 5.41) is 14.1. The Bertz CT molecular complexity index is 544.